The molecule has 0 aliphatic rings. The predicted octanol–water partition coefficient (Wildman–Crippen LogP) is -0.606. The first kappa shape index (κ1) is 10.1. The third-order valence-electron chi connectivity index (χ3n) is 0.622. The van der Waals surface area contributed by atoms with Gasteiger partial charge >= 0.3 is 8.25 Å². The zero-order chi connectivity index (χ0) is 7.82. The molecule has 0 radical (unpaired) electrons. The van der Waals surface area contributed by atoms with Crippen LogP contribution < -0.4 is 0 Å². The van der Waals surface area contributed by atoms with Gasteiger partial charge in [0.15, 0.2) is 0 Å². The Morgan fingerprint density at radius 2 is 1.50 bits per heavy atom. The fourth-order valence-corrected chi connectivity index (χ4v) is 0.899. The first-order valence-electron chi connectivity index (χ1n) is 2.82. The Bertz CT molecular complexity index is 85.6. The highest BCUT2D eigenvalue weighted by Crippen LogP contribution is 2.22. The highest BCUT2D eigenvalue weighted by molar-refractivity contribution is 7.33. The molecule has 0 saturated heterocycles. The number of aliphatic hydroxyl groups is 2. The highest BCUT2D eigenvalue weighted by atomic mass is 31.1. The quantitative estimate of drug-likeness (QED) is 0.520. The van der Waals surface area contributed by atoms with Crippen molar-refractivity contribution in [1.29, 1.82) is 0 Å². The third kappa shape index (κ3) is 6.19. The number of hydrogen-bond donors (Lipinski definition) is 2. The van der Waals surface area contributed by atoms with Crippen molar-refractivity contribution in [2.24, 2.45) is 0 Å². The first-order chi connectivity index (χ1) is 4.81. The summed E-state index contributed by atoms with van der Waals surface area (Å²) in [4.78, 5) is 0. The van der Waals surface area contributed by atoms with Crippen molar-refractivity contribution in [3.63, 3.8) is 0 Å². The topological polar surface area (TPSA) is 76.0 Å². The molecule has 62 valence electrons. The number of hydrogen-bond acceptors (Lipinski definition) is 5. The van der Waals surface area contributed by atoms with Gasteiger partial charge in [0, 0.05) is 0 Å². The van der Waals surface area contributed by atoms with Crippen LogP contribution in [-0.2, 0) is 13.6 Å². The largest absolute Gasteiger partial charge is 0.394 e. The number of rotatable bonds is 6. The molecule has 0 aromatic rings. The second-order valence-electron chi connectivity index (χ2n) is 1.39. The lowest BCUT2D eigenvalue weighted by Gasteiger charge is -2.00. The fourth-order valence-electron chi connectivity index (χ4n) is 0.300. The van der Waals surface area contributed by atoms with Crippen LogP contribution in [0.15, 0.2) is 0 Å². The van der Waals surface area contributed by atoms with Gasteiger partial charge in [0.05, 0.1) is 26.4 Å². The Balaban J connectivity index is 3.09. The zero-order valence-electron chi connectivity index (χ0n) is 5.45. The Hall–Kier alpha value is 0.0700. The fraction of sp³-hybridized carbons (Fsp3) is 1.00. The van der Waals surface area contributed by atoms with Crippen LogP contribution in [0.1, 0.15) is 0 Å². The summed E-state index contributed by atoms with van der Waals surface area (Å²) >= 11 is 0. The second-order valence-corrected chi connectivity index (χ2v) is 2.47. The second kappa shape index (κ2) is 7.18. The molecular weight excluding hydrogens is 159 g/mol. The molecule has 0 bridgehead atoms. The van der Waals surface area contributed by atoms with Gasteiger partial charge in [-0.05, 0) is 0 Å². The maximum atomic E-state index is 10.5. The lowest BCUT2D eigenvalue weighted by atomic mass is 10.8. The van der Waals surface area contributed by atoms with Crippen molar-refractivity contribution < 1.29 is 23.8 Å². The molecule has 0 atom stereocenters. The summed E-state index contributed by atoms with van der Waals surface area (Å²) in [6.07, 6.45) is 0. The Morgan fingerprint density at radius 1 is 1.10 bits per heavy atom. The first-order valence-corrected chi connectivity index (χ1v) is 4.05. The van der Waals surface area contributed by atoms with Gasteiger partial charge in [-0.2, -0.15) is 0 Å². The molecule has 0 saturated carbocycles. The summed E-state index contributed by atoms with van der Waals surface area (Å²) in [5.41, 5.74) is 0. The Labute approximate surface area is 59.5 Å². The molecule has 2 N–H and O–H groups in total. The maximum Gasteiger partial charge on any atom is 0.319 e. The van der Waals surface area contributed by atoms with Gasteiger partial charge in [-0.1, -0.05) is 0 Å². The molecule has 10 heavy (non-hydrogen) atoms. The third-order valence-corrected chi connectivity index (χ3v) is 1.50. The van der Waals surface area contributed by atoms with Crippen LogP contribution in [0.25, 0.3) is 0 Å². The van der Waals surface area contributed by atoms with E-state index in [0.717, 1.165) is 0 Å². The Morgan fingerprint density at radius 3 is 1.80 bits per heavy atom. The van der Waals surface area contributed by atoms with Crippen molar-refractivity contribution >= 4 is 8.25 Å². The minimum Gasteiger partial charge on any atom is -0.394 e. The molecule has 5 nitrogen and oxygen atoms in total. The minimum absolute atomic E-state index is 0.00320. The molecule has 0 unspecified atom stereocenters. The van der Waals surface area contributed by atoms with Crippen LogP contribution in [0.2, 0.25) is 0 Å². The standard InChI is InChI=1S/C4H11O5P/c5-1-3-8-10(7)9-4-2-6/h5-6,10H,1-4H2. The minimum atomic E-state index is -2.48. The van der Waals surface area contributed by atoms with Crippen LogP contribution in [0.3, 0.4) is 0 Å². The Kier molecular flexibility index (Phi) is 7.23. The summed E-state index contributed by atoms with van der Waals surface area (Å²) in [6, 6.07) is 0. The molecule has 0 heterocycles. The monoisotopic (exact) mass is 170 g/mol. The summed E-state index contributed by atoms with van der Waals surface area (Å²) in [5.74, 6) is 0. The normalized spacial score (nSPS) is 10.7. The van der Waals surface area contributed by atoms with Crippen molar-refractivity contribution in [3.05, 3.63) is 0 Å². The van der Waals surface area contributed by atoms with Crippen LogP contribution in [0, 0.1) is 0 Å². The highest BCUT2D eigenvalue weighted by Gasteiger charge is 1.96. The summed E-state index contributed by atoms with van der Waals surface area (Å²) in [5, 5.41) is 16.4. The lowest BCUT2D eigenvalue weighted by Crippen LogP contribution is -1.96. The van der Waals surface area contributed by atoms with Gasteiger partial charge in [-0.3, -0.25) is 4.57 Å². The van der Waals surface area contributed by atoms with E-state index in [0.29, 0.717) is 0 Å². The van der Waals surface area contributed by atoms with Gasteiger partial charge in [-0.15, -0.1) is 0 Å². The number of aliphatic hydroxyl groups excluding tert-OH is 2. The van der Waals surface area contributed by atoms with Gasteiger partial charge in [-0.25, -0.2) is 0 Å². The van der Waals surface area contributed by atoms with Crippen LogP contribution in [-0.4, -0.2) is 36.6 Å². The van der Waals surface area contributed by atoms with E-state index >= 15 is 0 Å². The smallest absolute Gasteiger partial charge is 0.319 e. The van der Waals surface area contributed by atoms with E-state index < -0.39 is 8.25 Å². The average Bonchev–Trinajstić information content (AvgIpc) is 1.97. The van der Waals surface area contributed by atoms with E-state index in [1.807, 2.05) is 0 Å². The summed E-state index contributed by atoms with van der Waals surface area (Å²) in [6.45, 7) is -0.357. The SMILES string of the molecule is O=[PH](OCCO)OCCO. The molecule has 0 spiro atoms. The van der Waals surface area contributed by atoms with Crippen LogP contribution in [0.5, 0.6) is 0 Å². The summed E-state index contributed by atoms with van der Waals surface area (Å²) in [7, 11) is -2.48. The molecule has 0 amide bonds. The molecule has 0 aromatic carbocycles. The lowest BCUT2D eigenvalue weighted by molar-refractivity contribution is 0.154. The van der Waals surface area contributed by atoms with Gasteiger partial charge in [0.1, 0.15) is 0 Å². The molecule has 0 rings (SSSR count). The van der Waals surface area contributed by atoms with Gasteiger partial charge in [0.2, 0.25) is 0 Å². The van der Waals surface area contributed by atoms with Gasteiger partial charge < -0.3 is 19.3 Å². The van der Waals surface area contributed by atoms with Crippen LogP contribution in [0.4, 0.5) is 0 Å². The molecule has 0 aromatic heterocycles. The van der Waals surface area contributed by atoms with Crippen molar-refractivity contribution in [2.45, 2.75) is 0 Å². The van der Waals surface area contributed by atoms with Gasteiger partial charge in [0.25, 0.3) is 0 Å². The van der Waals surface area contributed by atoms with E-state index in [9.17, 15) is 4.57 Å². The molecular formula is C4H11O5P. The predicted molar refractivity (Wildman–Crippen MR) is 35.1 cm³/mol. The van der Waals surface area contributed by atoms with E-state index in [2.05, 4.69) is 9.05 Å². The molecule has 0 aliphatic carbocycles. The molecule has 0 fully saturated rings. The van der Waals surface area contributed by atoms with E-state index in [-0.39, 0.29) is 26.4 Å². The van der Waals surface area contributed by atoms with E-state index in [1.54, 1.807) is 0 Å². The zero-order valence-corrected chi connectivity index (χ0v) is 6.45. The van der Waals surface area contributed by atoms with Crippen molar-refractivity contribution in [3.8, 4) is 0 Å². The van der Waals surface area contributed by atoms with Crippen LogP contribution >= 0.6 is 8.25 Å². The maximum absolute atomic E-state index is 10.5. The van der Waals surface area contributed by atoms with Crippen molar-refractivity contribution in [1.82, 2.24) is 0 Å². The van der Waals surface area contributed by atoms with Crippen molar-refractivity contribution in [2.75, 3.05) is 26.4 Å². The van der Waals surface area contributed by atoms with E-state index in [1.165, 1.54) is 0 Å². The molecule has 6 heteroatoms. The van der Waals surface area contributed by atoms with E-state index in [4.69, 9.17) is 10.2 Å². The average molecular weight is 170 g/mol. The molecule has 0 aliphatic heterocycles. The summed E-state index contributed by atoms with van der Waals surface area (Å²) < 4.78 is 19.4.